The molecule has 1 aliphatic rings. The van der Waals surface area contributed by atoms with Crippen LogP contribution in [0, 0.1) is 5.92 Å². The molecule has 0 aliphatic heterocycles. The van der Waals surface area contributed by atoms with Crippen LogP contribution in [0.5, 0.6) is 0 Å². The van der Waals surface area contributed by atoms with Gasteiger partial charge in [0.15, 0.2) is 0 Å². The zero-order valence-electron chi connectivity index (χ0n) is 9.46. The van der Waals surface area contributed by atoms with E-state index in [1.165, 1.54) is 17.5 Å². The van der Waals surface area contributed by atoms with Crippen LogP contribution < -0.4 is 5.73 Å². The van der Waals surface area contributed by atoms with E-state index in [1.807, 2.05) is 13.8 Å². The van der Waals surface area contributed by atoms with Crippen LogP contribution in [-0.2, 0) is 6.42 Å². The number of rotatable bonds is 1. The van der Waals surface area contributed by atoms with Gasteiger partial charge in [-0.3, -0.25) is 0 Å². The van der Waals surface area contributed by atoms with E-state index in [4.69, 9.17) is 5.73 Å². The molecule has 1 aliphatic carbocycles. The minimum absolute atomic E-state index is 0.598. The molecule has 1 nitrogen and oxygen atoms in total. The first-order chi connectivity index (χ1) is 6.83. The number of hydrogen-bond acceptors (Lipinski definition) is 1. The van der Waals surface area contributed by atoms with Gasteiger partial charge in [0.2, 0.25) is 0 Å². The van der Waals surface area contributed by atoms with Crippen LogP contribution in [0.15, 0.2) is 24.3 Å². The molecular weight excluding hydrogens is 170 g/mol. The molecule has 0 radical (unpaired) electrons. The van der Waals surface area contributed by atoms with Crippen LogP contribution in [0.25, 0.3) is 0 Å². The lowest BCUT2D eigenvalue weighted by Crippen LogP contribution is -2.15. The standard InChI is InChI=1S/C11H15N.C2H6/c1-8-6-9-4-2-3-5-10(9)11(8)7-12;1-2/h2-5,8,11H,6-7,12H2,1H3;1-2H3. The summed E-state index contributed by atoms with van der Waals surface area (Å²) in [5.41, 5.74) is 8.72. The highest BCUT2D eigenvalue weighted by atomic mass is 14.6. The van der Waals surface area contributed by atoms with Crippen molar-refractivity contribution >= 4 is 0 Å². The van der Waals surface area contributed by atoms with Gasteiger partial charge in [-0.1, -0.05) is 45.0 Å². The molecule has 1 aromatic rings. The van der Waals surface area contributed by atoms with E-state index in [2.05, 4.69) is 31.2 Å². The lowest BCUT2D eigenvalue weighted by Gasteiger charge is -2.12. The molecule has 1 aromatic carbocycles. The molecule has 0 aromatic heterocycles. The highest BCUT2D eigenvalue weighted by Gasteiger charge is 2.27. The van der Waals surface area contributed by atoms with Gasteiger partial charge in [0.05, 0.1) is 0 Å². The van der Waals surface area contributed by atoms with Gasteiger partial charge in [-0.2, -0.15) is 0 Å². The highest BCUT2D eigenvalue weighted by molar-refractivity contribution is 5.36. The van der Waals surface area contributed by atoms with Crippen molar-refractivity contribution in [3.05, 3.63) is 35.4 Å². The van der Waals surface area contributed by atoms with Gasteiger partial charge in [-0.25, -0.2) is 0 Å². The number of benzene rings is 1. The van der Waals surface area contributed by atoms with E-state index in [-0.39, 0.29) is 0 Å². The van der Waals surface area contributed by atoms with Gasteiger partial charge < -0.3 is 5.73 Å². The quantitative estimate of drug-likeness (QED) is 0.725. The number of hydrogen-bond donors (Lipinski definition) is 1. The Morgan fingerprint density at radius 1 is 1.29 bits per heavy atom. The Kier molecular flexibility index (Phi) is 4.15. The third kappa shape index (κ3) is 1.98. The summed E-state index contributed by atoms with van der Waals surface area (Å²) < 4.78 is 0. The zero-order valence-corrected chi connectivity index (χ0v) is 9.46. The van der Waals surface area contributed by atoms with Crippen LogP contribution in [0.2, 0.25) is 0 Å². The third-order valence-corrected chi connectivity index (χ3v) is 2.94. The summed E-state index contributed by atoms with van der Waals surface area (Å²) in [6.07, 6.45) is 1.21. The smallest absolute Gasteiger partial charge is 0.000545 e. The van der Waals surface area contributed by atoms with Crippen LogP contribution in [0.4, 0.5) is 0 Å². The van der Waals surface area contributed by atoms with Crippen molar-refractivity contribution in [2.75, 3.05) is 6.54 Å². The molecule has 0 bridgehead atoms. The monoisotopic (exact) mass is 191 g/mol. The fourth-order valence-electron chi connectivity index (χ4n) is 2.24. The third-order valence-electron chi connectivity index (χ3n) is 2.94. The van der Waals surface area contributed by atoms with E-state index in [0.29, 0.717) is 5.92 Å². The Hall–Kier alpha value is -0.820. The van der Waals surface area contributed by atoms with Crippen molar-refractivity contribution in [2.45, 2.75) is 33.1 Å². The molecule has 0 saturated heterocycles. The zero-order chi connectivity index (χ0) is 10.6. The molecule has 2 unspecified atom stereocenters. The average Bonchev–Trinajstić information content (AvgIpc) is 2.56. The summed E-state index contributed by atoms with van der Waals surface area (Å²) in [5, 5.41) is 0. The molecule has 1 heteroatoms. The number of fused-ring (bicyclic) bond motifs is 1. The van der Waals surface area contributed by atoms with E-state index < -0.39 is 0 Å². The van der Waals surface area contributed by atoms with E-state index in [9.17, 15) is 0 Å². The second-order valence-electron chi connectivity index (χ2n) is 3.72. The average molecular weight is 191 g/mol. The minimum Gasteiger partial charge on any atom is -0.330 e. The molecule has 0 heterocycles. The van der Waals surface area contributed by atoms with Crippen molar-refractivity contribution in [2.24, 2.45) is 11.7 Å². The van der Waals surface area contributed by atoms with Crippen molar-refractivity contribution in [1.29, 1.82) is 0 Å². The summed E-state index contributed by atoms with van der Waals surface area (Å²) in [4.78, 5) is 0. The molecule has 0 spiro atoms. The lowest BCUT2D eigenvalue weighted by molar-refractivity contribution is 0.506. The summed E-state index contributed by atoms with van der Waals surface area (Å²) in [6.45, 7) is 7.08. The molecule has 78 valence electrons. The van der Waals surface area contributed by atoms with Gasteiger partial charge >= 0.3 is 0 Å². The first kappa shape index (κ1) is 11.3. The maximum Gasteiger partial charge on any atom is -0.000545 e. The van der Waals surface area contributed by atoms with E-state index in [1.54, 1.807) is 0 Å². The molecular formula is C13H21N. The van der Waals surface area contributed by atoms with Gasteiger partial charge in [0.1, 0.15) is 0 Å². The van der Waals surface area contributed by atoms with Gasteiger partial charge in [0.25, 0.3) is 0 Å². The molecule has 0 fully saturated rings. The van der Waals surface area contributed by atoms with Crippen LogP contribution in [0.3, 0.4) is 0 Å². The summed E-state index contributed by atoms with van der Waals surface area (Å²) >= 11 is 0. The van der Waals surface area contributed by atoms with Gasteiger partial charge in [-0.15, -0.1) is 0 Å². The Balaban J connectivity index is 0.000000461. The van der Waals surface area contributed by atoms with Crippen molar-refractivity contribution < 1.29 is 0 Å². The summed E-state index contributed by atoms with van der Waals surface area (Å²) in [5.74, 6) is 1.33. The molecule has 0 saturated carbocycles. The molecule has 0 amide bonds. The van der Waals surface area contributed by atoms with Gasteiger partial charge in [0, 0.05) is 0 Å². The van der Waals surface area contributed by atoms with Crippen LogP contribution in [0.1, 0.15) is 37.8 Å². The SMILES string of the molecule is CC.CC1Cc2ccccc2C1CN. The maximum atomic E-state index is 5.74. The Morgan fingerprint density at radius 3 is 2.57 bits per heavy atom. The van der Waals surface area contributed by atoms with Crippen molar-refractivity contribution in [3.8, 4) is 0 Å². The first-order valence-electron chi connectivity index (χ1n) is 5.61. The Bertz CT molecular complexity index is 280. The first-order valence-corrected chi connectivity index (χ1v) is 5.61. The number of nitrogens with two attached hydrogens (primary N) is 1. The summed E-state index contributed by atoms with van der Waals surface area (Å²) in [7, 11) is 0. The molecule has 14 heavy (non-hydrogen) atoms. The minimum atomic E-state index is 0.598. The fraction of sp³-hybridized carbons (Fsp3) is 0.538. The second kappa shape index (κ2) is 5.16. The van der Waals surface area contributed by atoms with Crippen molar-refractivity contribution in [3.63, 3.8) is 0 Å². The fourth-order valence-corrected chi connectivity index (χ4v) is 2.24. The maximum absolute atomic E-state index is 5.74. The normalized spacial score (nSPS) is 23.7. The Morgan fingerprint density at radius 2 is 1.93 bits per heavy atom. The molecule has 2 rings (SSSR count). The predicted octanol–water partition coefficient (Wildman–Crippen LogP) is 2.95. The lowest BCUT2D eigenvalue weighted by atomic mass is 9.94. The largest absolute Gasteiger partial charge is 0.330 e. The topological polar surface area (TPSA) is 26.0 Å². The highest BCUT2D eigenvalue weighted by Crippen LogP contribution is 2.36. The van der Waals surface area contributed by atoms with Crippen LogP contribution >= 0.6 is 0 Å². The van der Waals surface area contributed by atoms with Gasteiger partial charge in [-0.05, 0) is 35.9 Å². The predicted molar refractivity (Wildman–Crippen MR) is 62.5 cm³/mol. The Labute approximate surface area is 87.3 Å². The van der Waals surface area contributed by atoms with Crippen molar-refractivity contribution in [1.82, 2.24) is 0 Å². The summed E-state index contributed by atoms with van der Waals surface area (Å²) in [6, 6.07) is 8.67. The second-order valence-corrected chi connectivity index (χ2v) is 3.72. The molecule has 2 atom stereocenters. The van der Waals surface area contributed by atoms with E-state index >= 15 is 0 Å². The van der Waals surface area contributed by atoms with Crippen LogP contribution in [-0.4, -0.2) is 6.54 Å². The molecule has 2 N–H and O–H groups in total. The van der Waals surface area contributed by atoms with E-state index in [0.717, 1.165) is 12.5 Å².